The molecule has 5 nitrogen and oxygen atoms in total. The van der Waals surface area contributed by atoms with Crippen LogP contribution in [0.2, 0.25) is 0 Å². The van der Waals surface area contributed by atoms with Crippen LogP contribution in [0.4, 0.5) is 18.9 Å². The topological polar surface area (TPSA) is 64.0 Å². The van der Waals surface area contributed by atoms with Gasteiger partial charge in [0.2, 0.25) is 5.91 Å². The van der Waals surface area contributed by atoms with Gasteiger partial charge in [-0.25, -0.2) is 0 Å². The fraction of sp³-hybridized carbons (Fsp3) is 0.227. The summed E-state index contributed by atoms with van der Waals surface area (Å²) in [4.78, 5) is 24.5. The van der Waals surface area contributed by atoms with E-state index in [1.807, 2.05) is 0 Å². The van der Waals surface area contributed by atoms with Crippen LogP contribution < -0.4 is 10.9 Å². The van der Waals surface area contributed by atoms with E-state index in [2.05, 4.69) is 10.4 Å². The van der Waals surface area contributed by atoms with Crippen molar-refractivity contribution < 1.29 is 18.0 Å². The molecule has 3 rings (SSSR count). The third-order valence-corrected chi connectivity index (χ3v) is 4.52. The molecule has 1 amide bonds. The minimum absolute atomic E-state index is 0.125. The Morgan fingerprint density at radius 1 is 1.07 bits per heavy atom. The second-order valence-electron chi connectivity index (χ2n) is 7.16. The Morgan fingerprint density at radius 3 is 2.33 bits per heavy atom. The molecule has 1 N–H and O–H groups in total. The number of carbonyl (C=O) groups is 1. The zero-order chi connectivity index (χ0) is 22.1. The highest BCUT2D eigenvalue weighted by atomic mass is 19.4. The SMILES string of the molecule is Cc1nn(-c2ccc(C(F)(F)F)cc2)c(=O)cc1-c1cccc(NC(=O)C(C)C)c1. The molecule has 2 aromatic carbocycles. The van der Waals surface area contributed by atoms with Crippen molar-refractivity contribution in [3.8, 4) is 16.8 Å². The summed E-state index contributed by atoms with van der Waals surface area (Å²) in [6, 6.07) is 12.6. The molecule has 0 saturated carbocycles. The monoisotopic (exact) mass is 415 g/mol. The lowest BCUT2D eigenvalue weighted by atomic mass is 10.0. The minimum atomic E-state index is -4.45. The highest BCUT2D eigenvalue weighted by molar-refractivity contribution is 5.92. The van der Waals surface area contributed by atoms with Gasteiger partial charge in [-0.3, -0.25) is 9.59 Å². The van der Waals surface area contributed by atoms with Crippen molar-refractivity contribution in [2.45, 2.75) is 26.9 Å². The van der Waals surface area contributed by atoms with Crippen molar-refractivity contribution in [2.24, 2.45) is 5.92 Å². The number of anilines is 1. The first-order chi connectivity index (χ1) is 14.1. The summed E-state index contributed by atoms with van der Waals surface area (Å²) in [6.07, 6.45) is -4.45. The van der Waals surface area contributed by atoms with E-state index in [-0.39, 0.29) is 17.5 Å². The third kappa shape index (κ3) is 4.59. The van der Waals surface area contributed by atoms with Gasteiger partial charge in [0, 0.05) is 23.2 Å². The van der Waals surface area contributed by atoms with Crippen LogP contribution in [0.15, 0.2) is 59.4 Å². The van der Waals surface area contributed by atoms with Crippen molar-refractivity contribution in [3.05, 3.63) is 76.2 Å². The van der Waals surface area contributed by atoms with Crippen LogP contribution in [-0.2, 0) is 11.0 Å². The lowest BCUT2D eigenvalue weighted by Crippen LogP contribution is -2.22. The van der Waals surface area contributed by atoms with E-state index in [0.717, 1.165) is 16.8 Å². The average molecular weight is 415 g/mol. The normalized spacial score (nSPS) is 11.6. The molecular formula is C22H20F3N3O2. The fourth-order valence-electron chi connectivity index (χ4n) is 2.86. The van der Waals surface area contributed by atoms with Crippen LogP contribution in [0.1, 0.15) is 25.1 Å². The maximum absolute atomic E-state index is 12.8. The lowest BCUT2D eigenvalue weighted by Gasteiger charge is -2.13. The van der Waals surface area contributed by atoms with Crippen molar-refractivity contribution in [2.75, 3.05) is 5.32 Å². The minimum Gasteiger partial charge on any atom is -0.326 e. The van der Waals surface area contributed by atoms with Crippen LogP contribution in [-0.4, -0.2) is 15.7 Å². The summed E-state index contributed by atoms with van der Waals surface area (Å²) in [5.41, 5.74) is 1.34. The van der Waals surface area contributed by atoms with E-state index >= 15 is 0 Å². The number of benzene rings is 2. The Morgan fingerprint density at radius 2 is 1.73 bits per heavy atom. The molecule has 30 heavy (non-hydrogen) atoms. The Kier molecular flexibility index (Phi) is 5.78. The van der Waals surface area contributed by atoms with Gasteiger partial charge in [-0.2, -0.15) is 23.0 Å². The average Bonchev–Trinajstić information content (AvgIpc) is 2.69. The predicted octanol–water partition coefficient (Wildman–Crippen LogP) is 4.82. The van der Waals surface area contributed by atoms with Gasteiger partial charge in [0.1, 0.15) is 0 Å². The first-order valence-corrected chi connectivity index (χ1v) is 9.26. The number of nitrogens with zero attached hydrogens (tertiary/aromatic N) is 2. The van der Waals surface area contributed by atoms with Crippen molar-refractivity contribution >= 4 is 11.6 Å². The van der Waals surface area contributed by atoms with E-state index in [1.165, 1.54) is 18.2 Å². The number of halogens is 3. The Balaban J connectivity index is 1.96. The molecule has 156 valence electrons. The summed E-state index contributed by atoms with van der Waals surface area (Å²) < 4.78 is 39.3. The van der Waals surface area contributed by atoms with Gasteiger partial charge in [-0.1, -0.05) is 26.0 Å². The smallest absolute Gasteiger partial charge is 0.326 e. The maximum atomic E-state index is 12.8. The number of amides is 1. The molecule has 0 aliphatic carbocycles. The first-order valence-electron chi connectivity index (χ1n) is 9.26. The maximum Gasteiger partial charge on any atom is 0.416 e. The summed E-state index contributed by atoms with van der Waals surface area (Å²) >= 11 is 0. The molecule has 0 aliphatic heterocycles. The van der Waals surface area contributed by atoms with Crippen LogP contribution >= 0.6 is 0 Å². The molecule has 0 bridgehead atoms. The van der Waals surface area contributed by atoms with Gasteiger partial charge in [0.25, 0.3) is 5.56 Å². The fourth-order valence-corrected chi connectivity index (χ4v) is 2.86. The zero-order valence-electron chi connectivity index (χ0n) is 16.6. The van der Waals surface area contributed by atoms with Gasteiger partial charge in [0.05, 0.1) is 16.9 Å². The number of alkyl halides is 3. The van der Waals surface area contributed by atoms with Crippen molar-refractivity contribution in [3.63, 3.8) is 0 Å². The molecule has 0 saturated heterocycles. The molecular weight excluding hydrogens is 395 g/mol. The summed E-state index contributed by atoms with van der Waals surface area (Å²) in [5, 5.41) is 7.07. The molecule has 0 radical (unpaired) electrons. The first kappa shape index (κ1) is 21.3. The predicted molar refractivity (Wildman–Crippen MR) is 108 cm³/mol. The highest BCUT2D eigenvalue weighted by Crippen LogP contribution is 2.29. The number of hydrogen-bond acceptors (Lipinski definition) is 3. The Bertz CT molecular complexity index is 1130. The van der Waals surface area contributed by atoms with Crippen molar-refractivity contribution in [1.82, 2.24) is 9.78 Å². The summed E-state index contributed by atoms with van der Waals surface area (Å²) in [5.74, 6) is -0.301. The van der Waals surface area contributed by atoms with Crippen LogP contribution in [0.3, 0.4) is 0 Å². The van der Waals surface area contributed by atoms with E-state index in [4.69, 9.17) is 0 Å². The number of rotatable bonds is 4. The van der Waals surface area contributed by atoms with Crippen molar-refractivity contribution in [1.29, 1.82) is 0 Å². The molecule has 0 spiro atoms. The number of hydrogen-bond donors (Lipinski definition) is 1. The Hall–Kier alpha value is -3.42. The molecule has 1 heterocycles. The van der Waals surface area contributed by atoms with E-state index in [9.17, 15) is 22.8 Å². The molecule has 0 unspecified atom stereocenters. The van der Waals surface area contributed by atoms with Gasteiger partial charge >= 0.3 is 6.18 Å². The number of aryl methyl sites for hydroxylation is 1. The van der Waals surface area contributed by atoms with Gasteiger partial charge in [-0.05, 0) is 48.9 Å². The third-order valence-electron chi connectivity index (χ3n) is 4.52. The molecule has 0 atom stereocenters. The quantitative estimate of drug-likeness (QED) is 0.664. The Labute approximate surface area is 171 Å². The molecule has 3 aromatic rings. The number of aromatic nitrogens is 2. The second kappa shape index (κ2) is 8.14. The largest absolute Gasteiger partial charge is 0.416 e. The standard InChI is InChI=1S/C22H20F3N3O2/c1-13(2)21(30)26-17-6-4-5-15(11-17)19-12-20(29)28(27-14(19)3)18-9-7-16(8-10-18)22(23,24)25/h4-13H,1-3H3,(H,26,30). The summed E-state index contributed by atoms with van der Waals surface area (Å²) in [7, 11) is 0. The molecule has 0 aliphatic rings. The van der Waals surface area contributed by atoms with E-state index in [0.29, 0.717) is 22.5 Å². The van der Waals surface area contributed by atoms with Crippen LogP contribution in [0.5, 0.6) is 0 Å². The van der Waals surface area contributed by atoms with Gasteiger partial charge in [0.15, 0.2) is 0 Å². The lowest BCUT2D eigenvalue weighted by molar-refractivity contribution is -0.137. The molecule has 1 aromatic heterocycles. The van der Waals surface area contributed by atoms with E-state index in [1.54, 1.807) is 45.0 Å². The highest BCUT2D eigenvalue weighted by Gasteiger charge is 2.30. The molecule has 0 fully saturated rings. The summed E-state index contributed by atoms with van der Waals surface area (Å²) in [6.45, 7) is 5.27. The van der Waals surface area contributed by atoms with E-state index < -0.39 is 17.3 Å². The van der Waals surface area contributed by atoms with Gasteiger partial charge < -0.3 is 5.32 Å². The molecule has 8 heteroatoms. The zero-order valence-corrected chi connectivity index (χ0v) is 16.6. The van der Waals surface area contributed by atoms with Crippen LogP contribution in [0.25, 0.3) is 16.8 Å². The second-order valence-corrected chi connectivity index (χ2v) is 7.16. The van der Waals surface area contributed by atoms with Crippen LogP contribution in [0, 0.1) is 12.8 Å². The van der Waals surface area contributed by atoms with Gasteiger partial charge in [-0.15, -0.1) is 0 Å². The number of carbonyl (C=O) groups excluding carboxylic acids is 1. The number of nitrogens with one attached hydrogen (secondary N) is 1.